The summed E-state index contributed by atoms with van der Waals surface area (Å²) in [6.45, 7) is 0.447. The molecule has 0 spiro atoms. The molecule has 1 aliphatic heterocycles. The van der Waals surface area contributed by atoms with Gasteiger partial charge in [0.15, 0.2) is 5.76 Å². The molecule has 0 radical (unpaired) electrons. The first-order valence-corrected chi connectivity index (χ1v) is 9.64. The van der Waals surface area contributed by atoms with Crippen molar-refractivity contribution in [1.82, 2.24) is 10.1 Å². The van der Waals surface area contributed by atoms with E-state index < -0.39 is 11.7 Å². The second kappa shape index (κ2) is 7.81. The molecule has 31 heavy (non-hydrogen) atoms. The first kappa shape index (κ1) is 21.0. The lowest BCUT2D eigenvalue weighted by Gasteiger charge is -2.26. The van der Waals surface area contributed by atoms with Gasteiger partial charge in [0.1, 0.15) is 11.5 Å². The van der Waals surface area contributed by atoms with Crippen molar-refractivity contribution in [3.63, 3.8) is 0 Å². The largest absolute Gasteiger partial charge is 0.507 e. The highest BCUT2D eigenvalue weighted by Gasteiger charge is 2.31. The van der Waals surface area contributed by atoms with Crippen LogP contribution < -0.4 is 0 Å². The van der Waals surface area contributed by atoms with E-state index in [0.717, 1.165) is 18.2 Å². The van der Waals surface area contributed by atoms with Crippen LogP contribution in [0.1, 0.15) is 22.4 Å². The summed E-state index contributed by atoms with van der Waals surface area (Å²) >= 11 is 5.93. The van der Waals surface area contributed by atoms with Crippen molar-refractivity contribution in [2.24, 2.45) is 0 Å². The molecule has 0 unspecified atom stereocenters. The second-order valence-corrected chi connectivity index (χ2v) is 7.61. The highest BCUT2D eigenvalue weighted by atomic mass is 35.5. The maximum Gasteiger partial charge on any atom is 0.416 e. The highest BCUT2D eigenvalue weighted by molar-refractivity contribution is 6.32. The molecule has 1 aliphatic rings. The minimum absolute atomic E-state index is 0.00578. The zero-order valence-electron chi connectivity index (χ0n) is 15.9. The predicted molar refractivity (Wildman–Crippen MR) is 105 cm³/mol. The maximum absolute atomic E-state index is 12.9. The molecule has 0 aliphatic carbocycles. The van der Waals surface area contributed by atoms with Crippen LogP contribution in [0.2, 0.25) is 5.02 Å². The molecule has 0 atom stereocenters. The number of rotatable bonds is 3. The van der Waals surface area contributed by atoms with Gasteiger partial charge in [-0.15, -0.1) is 0 Å². The highest BCUT2D eigenvalue weighted by Crippen LogP contribution is 2.40. The van der Waals surface area contributed by atoms with Gasteiger partial charge in [-0.25, -0.2) is 0 Å². The Balaban J connectivity index is 1.56. The van der Waals surface area contributed by atoms with Gasteiger partial charge in [-0.05, 0) is 17.7 Å². The summed E-state index contributed by atoms with van der Waals surface area (Å²) in [6, 6.07) is 7.08. The van der Waals surface area contributed by atoms with E-state index in [9.17, 15) is 28.2 Å². The number of hydrogen-bond acceptors (Lipinski definition) is 5. The van der Waals surface area contributed by atoms with E-state index in [1.165, 1.54) is 23.1 Å². The van der Waals surface area contributed by atoms with Crippen molar-refractivity contribution in [1.29, 1.82) is 0 Å². The third-order valence-corrected chi connectivity index (χ3v) is 5.41. The smallest absolute Gasteiger partial charge is 0.416 e. The Morgan fingerprint density at radius 2 is 1.97 bits per heavy atom. The lowest BCUT2D eigenvalue weighted by molar-refractivity contribution is -0.138. The Kier molecular flexibility index (Phi) is 5.30. The Morgan fingerprint density at radius 1 is 1.19 bits per heavy atom. The SMILES string of the molecule is O=C(Cc1cccc(C(F)(F)F)c1)N1CCc2noc(-c3cc(Cl)c(O)cc3O)c2C1. The van der Waals surface area contributed by atoms with Gasteiger partial charge in [0.25, 0.3) is 0 Å². The number of amides is 1. The maximum atomic E-state index is 12.9. The molecule has 2 heterocycles. The number of fused-ring (bicyclic) bond motifs is 1. The molecule has 0 saturated heterocycles. The quantitative estimate of drug-likeness (QED) is 0.608. The Bertz CT molecular complexity index is 1160. The molecule has 162 valence electrons. The minimum Gasteiger partial charge on any atom is -0.507 e. The van der Waals surface area contributed by atoms with E-state index in [1.807, 2.05) is 0 Å². The molecular weight excluding hydrogens is 437 g/mol. The zero-order valence-corrected chi connectivity index (χ0v) is 16.7. The van der Waals surface area contributed by atoms with Gasteiger partial charge < -0.3 is 19.6 Å². The summed E-state index contributed by atoms with van der Waals surface area (Å²) in [5, 5.41) is 23.8. The summed E-state index contributed by atoms with van der Waals surface area (Å²) in [4.78, 5) is 14.3. The first-order chi connectivity index (χ1) is 14.6. The number of alkyl halides is 3. The van der Waals surface area contributed by atoms with Crippen LogP contribution in [0.5, 0.6) is 11.5 Å². The van der Waals surface area contributed by atoms with E-state index in [4.69, 9.17) is 16.1 Å². The number of carbonyl (C=O) groups excluding carboxylic acids is 1. The van der Waals surface area contributed by atoms with Crippen molar-refractivity contribution in [2.75, 3.05) is 6.54 Å². The van der Waals surface area contributed by atoms with E-state index in [-0.39, 0.29) is 52.3 Å². The zero-order chi connectivity index (χ0) is 22.3. The lowest BCUT2D eigenvalue weighted by Crippen LogP contribution is -2.36. The average molecular weight is 453 g/mol. The molecule has 1 amide bonds. The van der Waals surface area contributed by atoms with Gasteiger partial charge in [-0.2, -0.15) is 13.2 Å². The van der Waals surface area contributed by atoms with Crippen molar-refractivity contribution >= 4 is 17.5 Å². The number of phenolic OH excluding ortho intramolecular Hbond substituents is 2. The normalized spacial score (nSPS) is 13.9. The number of aromatic hydroxyl groups is 2. The fourth-order valence-electron chi connectivity index (χ4n) is 3.51. The molecule has 1 aromatic heterocycles. The molecule has 0 saturated carbocycles. The Hall–Kier alpha value is -3.20. The number of phenols is 2. The third kappa shape index (κ3) is 4.18. The Labute approximate surface area is 179 Å². The number of benzene rings is 2. The lowest BCUT2D eigenvalue weighted by atomic mass is 10.00. The average Bonchev–Trinajstić information content (AvgIpc) is 3.13. The van der Waals surface area contributed by atoms with Crippen LogP contribution in [-0.2, 0) is 30.4 Å². The van der Waals surface area contributed by atoms with Crippen LogP contribution in [-0.4, -0.2) is 32.7 Å². The van der Waals surface area contributed by atoms with Crippen LogP contribution in [0, 0.1) is 0 Å². The minimum atomic E-state index is -4.48. The predicted octanol–water partition coefficient (Wildman–Crippen LogP) is 4.55. The standard InChI is InChI=1S/C21H16ClF3N2O4/c22-15-8-13(17(28)9-18(15)29)20-14-10-27(5-4-16(14)26-31-20)19(30)7-11-2-1-3-12(6-11)21(23,24)25/h1-3,6,8-9,28-29H,4-5,7,10H2. The summed E-state index contributed by atoms with van der Waals surface area (Å²) in [5.41, 5.74) is 0.852. The number of hydrogen-bond donors (Lipinski definition) is 2. The van der Waals surface area contributed by atoms with Gasteiger partial charge in [-0.1, -0.05) is 35.0 Å². The monoisotopic (exact) mass is 452 g/mol. The molecule has 2 aromatic carbocycles. The van der Waals surface area contributed by atoms with Gasteiger partial charge in [0.2, 0.25) is 5.91 Å². The van der Waals surface area contributed by atoms with Gasteiger partial charge in [0.05, 0.1) is 34.8 Å². The topological polar surface area (TPSA) is 86.8 Å². The summed E-state index contributed by atoms with van der Waals surface area (Å²) in [5.74, 6) is -0.696. The summed E-state index contributed by atoms with van der Waals surface area (Å²) < 4.78 is 44.1. The first-order valence-electron chi connectivity index (χ1n) is 9.26. The van der Waals surface area contributed by atoms with Crippen molar-refractivity contribution in [3.05, 3.63) is 63.8 Å². The molecule has 2 N–H and O–H groups in total. The third-order valence-electron chi connectivity index (χ3n) is 5.11. The van der Waals surface area contributed by atoms with E-state index in [0.29, 0.717) is 24.2 Å². The van der Waals surface area contributed by atoms with Crippen LogP contribution >= 0.6 is 11.6 Å². The van der Waals surface area contributed by atoms with Gasteiger partial charge >= 0.3 is 6.18 Å². The molecule has 0 bridgehead atoms. The number of aromatic nitrogens is 1. The van der Waals surface area contributed by atoms with Crippen LogP contribution in [0.3, 0.4) is 0 Å². The van der Waals surface area contributed by atoms with Crippen molar-refractivity contribution in [3.8, 4) is 22.8 Å². The molecular formula is C21H16ClF3N2O4. The molecule has 10 heteroatoms. The van der Waals surface area contributed by atoms with E-state index >= 15 is 0 Å². The van der Waals surface area contributed by atoms with Gasteiger partial charge in [0, 0.05) is 24.6 Å². The number of halogens is 4. The molecule has 0 fully saturated rings. The Morgan fingerprint density at radius 3 is 2.71 bits per heavy atom. The second-order valence-electron chi connectivity index (χ2n) is 7.20. The van der Waals surface area contributed by atoms with Gasteiger partial charge in [-0.3, -0.25) is 4.79 Å². The van der Waals surface area contributed by atoms with E-state index in [2.05, 4.69) is 5.16 Å². The molecule has 4 rings (SSSR count). The fraction of sp³-hybridized carbons (Fsp3) is 0.238. The van der Waals surface area contributed by atoms with Crippen molar-refractivity contribution < 1.29 is 32.7 Å². The van der Waals surface area contributed by atoms with Crippen LogP contribution in [0.15, 0.2) is 40.9 Å². The fourth-order valence-corrected chi connectivity index (χ4v) is 3.68. The summed E-state index contributed by atoms with van der Waals surface area (Å²) in [6.07, 6.45) is -4.28. The molecule has 6 nitrogen and oxygen atoms in total. The molecule has 3 aromatic rings. The summed E-state index contributed by atoms with van der Waals surface area (Å²) in [7, 11) is 0. The van der Waals surface area contributed by atoms with Crippen LogP contribution in [0.25, 0.3) is 11.3 Å². The number of carbonyl (C=O) groups is 1. The number of nitrogens with zero attached hydrogens (tertiary/aromatic N) is 2. The van der Waals surface area contributed by atoms with Crippen LogP contribution in [0.4, 0.5) is 13.2 Å². The van der Waals surface area contributed by atoms with Crippen molar-refractivity contribution in [2.45, 2.75) is 25.6 Å². The van der Waals surface area contributed by atoms with E-state index in [1.54, 1.807) is 0 Å².